The van der Waals surface area contributed by atoms with E-state index in [2.05, 4.69) is 10.6 Å². The molecule has 0 aliphatic carbocycles. The Morgan fingerprint density at radius 1 is 1.29 bits per heavy atom. The van der Waals surface area contributed by atoms with Gasteiger partial charge in [-0.1, -0.05) is 6.42 Å². The average Bonchev–Trinajstić information content (AvgIpc) is 2.85. The monoisotopic (exact) mass is 337 g/mol. The summed E-state index contributed by atoms with van der Waals surface area (Å²) in [7, 11) is 0. The molecule has 0 aromatic heterocycles. The van der Waals surface area contributed by atoms with Crippen LogP contribution in [0.2, 0.25) is 0 Å². The van der Waals surface area contributed by atoms with Crippen LogP contribution in [0, 0.1) is 5.41 Å². The zero-order valence-corrected chi connectivity index (χ0v) is 14.6. The highest BCUT2D eigenvalue weighted by Crippen LogP contribution is 2.40. The lowest BCUT2D eigenvalue weighted by molar-refractivity contribution is -0.131. The summed E-state index contributed by atoms with van der Waals surface area (Å²) in [6.45, 7) is 4.93. The molecule has 0 aromatic carbocycles. The summed E-state index contributed by atoms with van der Waals surface area (Å²) in [4.78, 5) is 25.9. The predicted molar refractivity (Wildman–Crippen MR) is 91.6 cm³/mol. The van der Waals surface area contributed by atoms with Gasteiger partial charge in [0.1, 0.15) is 0 Å². The minimum atomic E-state index is 0.0295. The average molecular weight is 337 g/mol. The van der Waals surface area contributed by atoms with E-state index in [1.807, 2.05) is 4.90 Å². The van der Waals surface area contributed by atoms with Crippen molar-refractivity contribution in [3.8, 4) is 0 Å². The van der Waals surface area contributed by atoms with Crippen molar-refractivity contribution in [1.29, 1.82) is 0 Å². The first-order valence-electron chi connectivity index (χ1n) is 9.54. The number of likely N-dealkylation sites (tertiary alicyclic amines) is 1. The number of rotatable bonds is 5. The first-order chi connectivity index (χ1) is 11.7. The van der Waals surface area contributed by atoms with Crippen LogP contribution >= 0.6 is 0 Å². The number of nitrogens with one attached hydrogen (secondary N) is 2. The molecule has 3 fully saturated rings. The molecule has 0 aromatic rings. The van der Waals surface area contributed by atoms with Crippen molar-refractivity contribution >= 4 is 11.8 Å². The summed E-state index contributed by atoms with van der Waals surface area (Å²) >= 11 is 0. The first-order valence-corrected chi connectivity index (χ1v) is 9.54. The highest BCUT2D eigenvalue weighted by atomic mass is 16.5. The van der Waals surface area contributed by atoms with Gasteiger partial charge in [0.25, 0.3) is 0 Å². The fraction of sp³-hybridized carbons (Fsp3) is 0.889. The van der Waals surface area contributed by atoms with Gasteiger partial charge in [0, 0.05) is 32.5 Å². The molecular weight excluding hydrogens is 306 g/mol. The predicted octanol–water partition coefficient (Wildman–Crippen LogP) is 1.05. The number of carbonyl (C=O) groups is 2. The molecule has 1 atom stereocenters. The summed E-state index contributed by atoms with van der Waals surface area (Å²) in [6.07, 6.45) is 7.74. The number of nitrogens with zero attached hydrogens (tertiary/aromatic N) is 1. The van der Waals surface area contributed by atoms with Gasteiger partial charge in [-0.15, -0.1) is 0 Å². The van der Waals surface area contributed by atoms with E-state index in [-0.39, 0.29) is 17.9 Å². The Kier molecular flexibility index (Phi) is 6.11. The van der Waals surface area contributed by atoms with Crippen LogP contribution in [0.15, 0.2) is 0 Å². The van der Waals surface area contributed by atoms with Crippen LogP contribution in [-0.4, -0.2) is 62.1 Å². The number of ether oxygens (including phenoxy) is 1. The number of hydrogen-bond acceptors (Lipinski definition) is 4. The van der Waals surface area contributed by atoms with Gasteiger partial charge < -0.3 is 20.3 Å². The topological polar surface area (TPSA) is 70.7 Å². The molecule has 2 N–H and O–H groups in total. The maximum Gasteiger partial charge on any atom is 0.222 e. The molecule has 3 saturated heterocycles. The van der Waals surface area contributed by atoms with Crippen LogP contribution in [0.25, 0.3) is 0 Å². The third-order valence-corrected chi connectivity index (χ3v) is 5.76. The van der Waals surface area contributed by atoms with E-state index in [1.165, 1.54) is 12.8 Å². The van der Waals surface area contributed by atoms with Crippen LogP contribution in [0.5, 0.6) is 0 Å². The Hall–Kier alpha value is -1.14. The highest BCUT2D eigenvalue weighted by molar-refractivity contribution is 5.79. The van der Waals surface area contributed by atoms with E-state index >= 15 is 0 Å². The maximum absolute atomic E-state index is 12.1. The zero-order chi connectivity index (χ0) is 16.8. The Balaban J connectivity index is 1.34. The lowest BCUT2D eigenvalue weighted by Crippen LogP contribution is -2.38. The Morgan fingerprint density at radius 2 is 2.12 bits per heavy atom. The van der Waals surface area contributed by atoms with Gasteiger partial charge in [-0.25, -0.2) is 0 Å². The van der Waals surface area contributed by atoms with Crippen LogP contribution in [0.3, 0.4) is 0 Å². The fourth-order valence-corrected chi connectivity index (χ4v) is 4.16. The molecule has 3 aliphatic heterocycles. The molecule has 24 heavy (non-hydrogen) atoms. The Morgan fingerprint density at radius 3 is 2.96 bits per heavy atom. The second-order valence-electron chi connectivity index (χ2n) is 7.63. The first kappa shape index (κ1) is 17.7. The zero-order valence-electron chi connectivity index (χ0n) is 14.6. The molecular formula is C18H31N3O3. The summed E-state index contributed by atoms with van der Waals surface area (Å²) in [5.74, 6) is 0.231. The normalized spacial score (nSPS) is 27.2. The highest BCUT2D eigenvalue weighted by Gasteiger charge is 2.40. The van der Waals surface area contributed by atoms with Crippen molar-refractivity contribution in [3.05, 3.63) is 0 Å². The molecule has 3 rings (SSSR count). The summed E-state index contributed by atoms with van der Waals surface area (Å²) < 4.78 is 5.92. The van der Waals surface area contributed by atoms with Crippen molar-refractivity contribution in [2.24, 2.45) is 5.41 Å². The molecule has 2 amide bonds. The molecule has 1 spiro atoms. The minimum absolute atomic E-state index is 0.0295. The van der Waals surface area contributed by atoms with Crippen LogP contribution < -0.4 is 10.6 Å². The second-order valence-corrected chi connectivity index (χ2v) is 7.63. The summed E-state index contributed by atoms with van der Waals surface area (Å²) in [6, 6.07) is 0. The molecule has 3 heterocycles. The second kappa shape index (κ2) is 8.30. The van der Waals surface area contributed by atoms with Gasteiger partial charge >= 0.3 is 0 Å². The van der Waals surface area contributed by atoms with E-state index in [1.54, 1.807) is 0 Å². The molecule has 136 valence electrons. The maximum atomic E-state index is 12.1. The van der Waals surface area contributed by atoms with Gasteiger partial charge in [0.05, 0.1) is 12.7 Å². The standard InChI is InChI=1S/C18H31N3O3/c22-16(5-11-21-10-3-1-2-4-17(21)23)20-13-15-12-18(14-24-15)6-8-19-9-7-18/h15,19H,1-14H2,(H,20,22). The molecule has 3 aliphatic rings. The van der Waals surface area contributed by atoms with Crippen molar-refractivity contribution < 1.29 is 14.3 Å². The number of amides is 2. The van der Waals surface area contributed by atoms with Crippen LogP contribution in [-0.2, 0) is 14.3 Å². The van der Waals surface area contributed by atoms with E-state index in [9.17, 15) is 9.59 Å². The number of piperidine rings is 1. The summed E-state index contributed by atoms with van der Waals surface area (Å²) in [5, 5.41) is 6.40. The smallest absolute Gasteiger partial charge is 0.222 e. The van der Waals surface area contributed by atoms with Crippen molar-refractivity contribution in [1.82, 2.24) is 15.5 Å². The van der Waals surface area contributed by atoms with E-state index in [0.29, 0.717) is 31.3 Å². The van der Waals surface area contributed by atoms with Crippen LogP contribution in [0.1, 0.15) is 51.4 Å². The van der Waals surface area contributed by atoms with Crippen molar-refractivity contribution in [2.45, 2.75) is 57.5 Å². The van der Waals surface area contributed by atoms with Crippen molar-refractivity contribution in [2.75, 3.05) is 39.3 Å². The Bertz CT molecular complexity index is 449. The van der Waals surface area contributed by atoms with E-state index in [0.717, 1.165) is 51.9 Å². The Labute approximate surface area is 144 Å². The third kappa shape index (κ3) is 4.70. The van der Waals surface area contributed by atoms with Gasteiger partial charge in [-0.3, -0.25) is 9.59 Å². The molecule has 0 bridgehead atoms. The SMILES string of the molecule is O=C(CCN1CCCCCC1=O)NCC1CC2(CCNCC2)CO1. The number of carbonyl (C=O) groups excluding carboxylic acids is 2. The summed E-state index contributed by atoms with van der Waals surface area (Å²) in [5.41, 5.74) is 0.332. The molecule has 6 nitrogen and oxygen atoms in total. The van der Waals surface area contributed by atoms with Gasteiger partial charge in [0.2, 0.25) is 11.8 Å². The quantitative estimate of drug-likeness (QED) is 0.787. The third-order valence-electron chi connectivity index (χ3n) is 5.76. The molecule has 0 radical (unpaired) electrons. The van der Waals surface area contributed by atoms with Gasteiger partial charge in [0.15, 0.2) is 0 Å². The lowest BCUT2D eigenvalue weighted by atomic mass is 9.77. The number of hydrogen-bond donors (Lipinski definition) is 2. The van der Waals surface area contributed by atoms with E-state index < -0.39 is 0 Å². The molecule has 6 heteroatoms. The fourth-order valence-electron chi connectivity index (χ4n) is 4.16. The van der Waals surface area contributed by atoms with Gasteiger partial charge in [-0.2, -0.15) is 0 Å². The van der Waals surface area contributed by atoms with Crippen LogP contribution in [0.4, 0.5) is 0 Å². The van der Waals surface area contributed by atoms with Gasteiger partial charge in [-0.05, 0) is 50.6 Å². The minimum Gasteiger partial charge on any atom is -0.376 e. The lowest BCUT2D eigenvalue weighted by Gasteiger charge is -2.32. The van der Waals surface area contributed by atoms with E-state index in [4.69, 9.17) is 4.74 Å². The molecule has 0 saturated carbocycles. The largest absolute Gasteiger partial charge is 0.376 e. The van der Waals surface area contributed by atoms with Crippen molar-refractivity contribution in [3.63, 3.8) is 0 Å². The molecule has 1 unspecified atom stereocenters.